The molecule has 1 N–H and O–H groups in total. The Labute approximate surface area is 67.2 Å². The molecule has 0 fully saturated rings. The van der Waals surface area contributed by atoms with Crippen molar-refractivity contribution >= 4 is 11.8 Å². The average Bonchev–Trinajstić information content (AvgIpc) is 1.98. The summed E-state index contributed by atoms with van der Waals surface area (Å²) in [6.45, 7) is 4.02. The minimum Gasteiger partial charge on any atom is -0.380 e. The molecular formula is C8H14OS. The quantitative estimate of drug-likeness (QED) is 0.496. The predicted molar refractivity (Wildman–Crippen MR) is 47.1 cm³/mol. The van der Waals surface area contributed by atoms with E-state index in [1.165, 1.54) is 0 Å². The second-order valence-corrected chi connectivity index (χ2v) is 3.16. The first-order chi connectivity index (χ1) is 4.81. The highest BCUT2D eigenvalue weighted by molar-refractivity contribution is 7.99. The second kappa shape index (κ2) is 6.98. The lowest BCUT2D eigenvalue weighted by atomic mass is 10.3. The second-order valence-electron chi connectivity index (χ2n) is 1.88. The molecular weight excluding hydrogens is 144 g/mol. The van der Waals surface area contributed by atoms with E-state index >= 15 is 0 Å². The van der Waals surface area contributed by atoms with Gasteiger partial charge in [0.2, 0.25) is 0 Å². The molecule has 10 heavy (non-hydrogen) atoms. The molecule has 1 nitrogen and oxygen atoms in total. The first-order valence-corrected chi connectivity index (χ1v) is 4.70. The summed E-state index contributed by atoms with van der Waals surface area (Å²) in [5.41, 5.74) is 0. The topological polar surface area (TPSA) is 20.2 Å². The largest absolute Gasteiger partial charge is 0.380 e. The summed E-state index contributed by atoms with van der Waals surface area (Å²) >= 11 is 1.78. The Morgan fingerprint density at radius 1 is 1.50 bits per heavy atom. The van der Waals surface area contributed by atoms with E-state index in [1.807, 2.05) is 6.92 Å². The van der Waals surface area contributed by atoms with Crippen LogP contribution in [-0.4, -0.2) is 22.7 Å². The van der Waals surface area contributed by atoms with Gasteiger partial charge in [-0.2, -0.15) is 0 Å². The maximum atomic E-state index is 8.97. The van der Waals surface area contributed by atoms with Crippen LogP contribution in [0.15, 0.2) is 0 Å². The van der Waals surface area contributed by atoms with Crippen molar-refractivity contribution in [2.24, 2.45) is 0 Å². The summed E-state index contributed by atoms with van der Waals surface area (Å²) in [4.78, 5) is 0. The van der Waals surface area contributed by atoms with E-state index < -0.39 is 6.10 Å². The molecule has 0 saturated heterocycles. The molecule has 2 heteroatoms. The summed E-state index contributed by atoms with van der Waals surface area (Å²) in [6.07, 6.45) is 0.307. The van der Waals surface area contributed by atoms with Gasteiger partial charge >= 0.3 is 0 Å². The van der Waals surface area contributed by atoms with Crippen molar-refractivity contribution in [1.82, 2.24) is 0 Å². The van der Waals surface area contributed by atoms with Crippen molar-refractivity contribution in [3.63, 3.8) is 0 Å². The van der Waals surface area contributed by atoms with E-state index in [0.29, 0.717) is 0 Å². The Hall–Kier alpha value is -0.130. The Bertz CT molecular complexity index is 123. The molecule has 0 saturated carbocycles. The molecule has 1 atom stereocenters. The van der Waals surface area contributed by atoms with Crippen LogP contribution >= 0.6 is 11.8 Å². The van der Waals surface area contributed by atoms with Gasteiger partial charge in [0.05, 0.1) is 5.75 Å². The summed E-state index contributed by atoms with van der Waals surface area (Å²) in [6, 6.07) is 0. The van der Waals surface area contributed by atoms with Crippen LogP contribution in [0.25, 0.3) is 0 Å². The highest BCUT2D eigenvalue weighted by Crippen LogP contribution is 1.95. The van der Waals surface area contributed by atoms with Gasteiger partial charge in [-0.15, -0.1) is 11.8 Å². The van der Waals surface area contributed by atoms with Crippen molar-refractivity contribution < 1.29 is 5.11 Å². The molecule has 1 unspecified atom stereocenters. The maximum Gasteiger partial charge on any atom is 0.114 e. The molecule has 0 bridgehead atoms. The van der Waals surface area contributed by atoms with E-state index in [1.54, 1.807) is 11.8 Å². The zero-order chi connectivity index (χ0) is 7.82. The molecule has 0 heterocycles. The van der Waals surface area contributed by atoms with E-state index in [9.17, 15) is 0 Å². The molecule has 0 aliphatic rings. The Morgan fingerprint density at radius 2 is 2.20 bits per heavy atom. The fourth-order valence-corrected chi connectivity index (χ4v) is 0.804. The van der Waals surface area contributed by atoms with Crippen LogP contribution in [0.1, 0.15) is 20.3 Å². The number of aliphatic hydroxyl groups excluding tert-OH is 1. The Morgan fingerprint density at radius 3 is 2.70 bits per heavy atom. The minimum atomic E-state index is -0.419. The number of hydrogen-bond donors (Lipinski definition) is 1. The van der Waals surface area contributed by atoms with Gasteiger partial charge in [0.15, 0.2) is 0 Å². The zero-order valence-corrected chi connectivity index (χ0v) is 7.37. The Balaban J connectivity index is 3.29. The zero-order valence-electron chi connectivity index (χ0n) is 6.55. The van der Waals surface area contributed by atoms with Crippen molar-refractivity contribution in [2.45, 2.75) is 26.4 Å². The van der Waals surface area contributed by atoms with Crippen molar-refractivity contribution in [3.05, 3.63) is 0 Å². The fourth-order valence-electron chi connectivity index (χ4n) is 0.415. The standard InChI is InChI=1S/C8H14OS/c1-3-8(9)6-5-7-10-4-2/h8-9H,3-4,7H2,1-2H3. The van der Waals surface area contributed by atoms with Gasteiger partial charge in [-0.25, -0.2) is 0 Å². The molecule has 58 valence electrons. The van der Waals surface area contributed by atoms with Crippen LogP contribution in [-0.2, 0) is 0 Å². The Kier molecular flexibility index (Phi) is 6.89. The lowest BCUT2D eigenvalue weighted by Crippen LogP contribution is -1.98. The number of hydrogen-bond acceptors (Lipinski definition) is 2. The van der Waals surface area contributed by atoms with Crippen LogP contribution in [0.3, 0.4) is 0 Å². The summed E-state index contributed by atoms with van der Waals surface area (Å²) in [5.74, 6) is 7.59. The number of aliphatic hydroxyl groups is 1. The molecule has 0 radical (unpaired) electrons. The van der Waals surface area contributed by atoms with Crippen molar-refractivity contribution in [1.29, 1.82) is 0 Å². The van der Waals surface area contributed by atoms with E-state index in [4.69, 9.17) is 5.11 Å². The molecule has 0 rings (SSSR count). The molecule has 0 aliphatic carbocycles. The predicted octanol–water partition coefficient (Wildman–Crippen LogP) is 1.51. The van der Waals surface area contributed by atoms with E-state index in [2.05, 4.69) is 18.8 Å². The molecule has 0 spiro atoms. The van der Waals surface area contributed by atoms with Crippen LogP contribution in [0.5, 0.6) is 0 Å². The van der Waals surface area contributed by atoms with E-state index in [-0.39, 0.29) is 0 Å². The summed E-state index contributed by atoms with van der Waals surface area (Å²) in [7, 11) is 0. The molecule has 0 amide bonds. The van der Waals surface area contributed by atoms with Gasteiger partial charge < -0.3 is 5.11 Å². The number of thioether (sulfide) groups is 1. The van der Waals surface area contributed by atoms with Crippen LogP contribution in [0.2, 0.25) is 0 Å². The average molecular weight is 158 g/mol. The van der Waals surface area contributed by atoms with Gasteiger partial charge in [0, 0.05) is 0 Å². The van der Waals surface area contributed by atoms with Gasteiger partial charge in [-0.3, -0.25) is 0 Å². The normalized spacial score (nSPS) is 11.9. The lowest BCUT2D eigenvalue weighted by molar-refractivity contribution is 0.228. The van der Waals surface area contributed by atoms with Gasteiger partial charge in [0.1, 0.15) is 6.10 Å². The first kappa shape index (κ1) is 9.87. The lowest BCUT2D eigenvalue weighted by Gasteiger charge is -1.93. The van der Waals surface area contributed by atoms with Crippen molar-refractivity contribution in [2.75, 3.05) is 11.5 Å². The van der Waals surface area contributed by atoms with E-state index in [0.717, 1.165) is 17.9 Å². The minimum absolute atomic E-state index is 0.419. The van der Waals surface area contributed by atoms with Gasteiger partial charge in [-0.1, -0.05) is 25.7 Å². The smallest absolute Gasteiger partial charge is 0.114 e. The molecule has 0 aromatic heterocycles. The van der Waals surface area contributed by atoms with Gasteiger partial charge in [-0.05, 0) is 12.2 Å². The first-order valence-electron chi connectivity index (χ1n) is 3.55. The summed E-state index contributed by atoms with van der Waals surface area (Å²) in [5, 5.41) is 8.97. The molecule has 0 aromatic rings. The van der Waals surface area contributed by atoms with Gasteiger partial charge in [0.25, 0.3) is 0 Å². The van der Waals surface area contributed by atoms with Crippen LogP contribution < -0.4 is 0 Å². The third-order valence-corrected chi connectivity index (χ3v) is 1.79. The van der Waals surface area contributed by atoms with Crippen LogP contribution in [0.4, 0.5) is 0 Å². The summed E-state index contributed by atoms with van der Waals surface area (Å²) < 4.78 is 0. The number of rotatable bonds is 3. The van der Waals surface area contributed by atoms with Crippen molar-refractivity contribution in [3.8, 4) is 11.8 Å². The molecule has 0 aliphatic heterocycles. The fraction of sp³-hybridized carbons (Fsp3) is 0.750. The third kappa shape index (κ3) is 6.00. The highest BCUT2D eigenvalue weighted by Gasteiger charge is 1.89. The maximum absolute atomic E-state index is 8.97. The highest BCUT2D eigenvalue weighted by atomic mass is 32.2. The third-order valence-electron chi connectivity index (χ3n) is 1.03. The molecule has 0 aromatic carbocycles. The SMILES string of the molecule is CCSCC#CC(O)CC. The monoisotopic (exact) mass is 158 g/mol. The van der Waals surface area contributed by atoms with Crippen LogP contribution in [0, 0.1) is 11.8 Å².